The van der Waals surface area contributed by atoms with Gasteiger partial charge in [-0.15, -0.1) is 0 Å². The molecule has 17 heavy (non-hydrogen) atoms. The second-order valence-corrected chi connectivity index (χ2v) is 4.88. The summed E-state index contributed by atoms with van der Waals surface area (Å²) in [5, 5.41) is 11.4. The van der Waals surface area contributed by atoms with Crippen molar-refractivity contribution in [2.75, 3.05) is 11.6 Å². The van der Waals surface area contributed by atoms with Crippen molar-refractivity contribution >= 4 is 29.3 Å². The van der Waals surface area contributed by atoms with Crippen LogP contribution in [0.25, 0.3) is 0 Å². The van der Waals surface area contributed by atoms with Crippen molar-refractivity contribution < 1.29 is 14.7 Å². The van der Waals surface area contributed by atoms with E-state index in [1.807, 2.05) is 13.2 Å². The summed E-state index contributed by atoms with van der Waals surface area (Å²) in [7, 11) is 0. The molecule has 0 saturated carbocycles. The average molecular weight is 253 g/mol. The number of hydrogen-bond acceptors (Lipinski definition) is 3. The summed E-state index contributed by atoms with van der Waals surface area (Å²) >= 11 is 1.44. The van der Waals surface area contributed by atoms with E-state index in [9.17, 15) is 9.59 Å². The van der Waals surface area contributed by atoms with Gasteiger partial charge in [-0.3, -0.25) is 4.79 Å². The Labute approximate surface area is 104 Å². The summed E-state index contributed by atoms with van der Waals surface area (Å²) < 4.78 is 0. The lowest BCUT2D eigenvalue weighted by Gasteiger charge is -2.12. The third kappa shape index (κ3) is 3.49. The normalized spacial score (nSPS) is 11.9. The Kier molecular flexibility index (Phi) is 4.57. The van der Waals surface area contributed by atoms with Gasteiger partial charge in [-0.1, -0.05) is 6.07 Å². The molecule has 0 fully saturated rings. The predicted octanol–water partition coefficient (Wildman–Crippen LogP) is 2.38. The van der Waals surface area contributed by atoms with Gasteiger partial charge < -0.3 is 10.4 Å². The molecule has 1 atom stereocenters. The van der Waals surface area contributed by atoms with E-state index >= 15 is 0 Å². The molecule has 0 aromatic heterocycles. The molecule has 1 aromatic rings. The molecule has 1 aromatic carbocycles. The Bertz CT molecular complexity index is 445. The van der Waals surface area contributed by atoms with Crippen LogP contribution in [0.15, 0.2) is 18.2 Å². The van der Waals surface area contributed by atoms with Crippen LogP contribution in [0.1, 0.15) is 22.8 Å². The Morgan fingerprint density at radius 3 is 2.59 bits per heavy atom. The lowest BCUT2D eigenvalue weighted by atomic mass is 10.1. The number of anilines is 1. The van der Waals surface area contributed by atoms with Crippen molar-refractivity contribution in [3.05, 3.63) is 29.3 Å². The molecule has 4 nitrogen and oxygen atoms in total. The molecule has 0 aliphatic heterocycles. The highest BCUT2D eigenvalue weighted by Gasteiger charge is 2.13. The lowest BCUT2D eigenvalue weighted by molar-refractivity contribution is -0.115. The van der Waals surface area contributed by atoms with Crippen LogP contribution in [0.4, 0.5) is 5.69 Å². The summed E-state index contributed by atoms with van der Waals surface area (Å²) in [5.74, 6) is -1.12. The average Bonchev–Trinajstić information content (AvgIpc) is 2.30. The highest BCUT2D eigenvalue weighted by Crippen LogP contribution is 2.18. The van der Waals surface area contributed by atoms with E-state index in [4.69, 9.17) is 5.11 Å². The first-order valence-electron chi connectivity index (χ1n) is 5.13. The minimum absolute atomic E-state index is 0.122. The molecule has 0 saturated heterocycles. The quantitative estimate of drug-likeness (QED) is 0.864. The molecule has 1 amide bonds. The lowest BCUT2D eigenvalue weighted by Crippen LogP contribution is -2.22. The van der Waals surface area contributed by atoms with E-state index < -0.39 is 5.97 Å². The van der Waals surface area contributed by atoms with E-state index in [0.717, 1.165) is 5.56 Å². The van der Waals surface area contributed by atoms with Crippen LogP contribution in [0.5, 0.6) is 0 Å². The zero-order chi connectivity index (χ0) is 13.0. The number of benzene rings is 1. The first kappa shape index (κ1) is 13.6. The maximum atomic E-state index is 11.7. The van der Waals surface area contributed by atoms with Gasteiger partial charge in [-0.05, 0) is 37.8 Å². The maximum absolute atomic E-state index is 11.7. The van der Waals surface area contributed by atoms with Crippen molar-refractivity contribution in [2.24, 2.45) is 0 Å². The highest BCUT2D eigenvalue weighted by atomic mass is 32.2. The fourth-order valence-electron chi connectivity index (χ4n) is 1.23. The molecule has 0 heterocycles. The third-order valence-corrected chi connectivity index (χ3v) is 3.39. The van der Waals surface area contributed by atoms with Crippen molar-refractivity contribution in [1.82, 2.24) is 0 Å². The van der Waals surface area contributed by atoms with Crippen LogP contribution in [0.3, 0.4) is 0 Å². The van der Waals surface area contributed by atoms with Gasteiger partial charge in [0.05, 0.1) is 10.8 Å². The molecule has 0 bridgehead atoms. The smallest absolute Gasteiger partial charge is 0.335 e. The van der Waals surface area contributed by atoms with Crippen LogP contribution >= 0.6 is 11.8 Å². The molecular formula is C12H15NO3S. The van der Waals surface area contributed by atoms with Crippen LogP contribution in [0, 0.1) is 6.92 Å². The number of aryl methyl sites for hydroxylation is 1. The zero-order valence-electron chi connectivity index (χ0n) is 9.98. The molecule has 5 heteroatoms. The number of hydrogen-bond donors (Lipinski definition) is 2. The van der Waals surface area contributed by atoms with Gasteiger partial charge in [0.15, 0.2) is 0 Å². The SMILES string of the molecule is CS[C@@H](C)C(=O)Nc1cc(C(=O)O)ccc1C. The zero-order valence-corrected chi connectivity index (χ0v) is 10.8. The number of carboxylic acid groups (broad SMARTS) is 1. The van der Waals surface area contributed by atoms with Crippen molar-refractivity contribution in [2.45, 2.75) is 19.1 Å². The van der Waals surface area contributed by atoms with E-state index in [-0.39, 0.29) is 16.7 Å². The molecular weight excluding hydrogens is 238 g/mol. The van der Waals surface area contributed by atoms with E-state index in [1.165, 1.54) is 23.9 Å². The van der Waals surface area contributed by atoms with Crippen LogP contribution in [-0.4, -0.2) is 28.5 Å². The van der Waals surface area contributed by atoms with Gasteiger partial charge in [0.25, 0.3) is 0 Å². The standard InChI is InChI=1S/C12H15NO3S/c1-7-4-5-9(12(15)16)6-10(7)13-11(14)8(2)17-3/h4-6,8H,1-3H3,(H,13,14)(H,15,16)/t8-/m0/s1. The molecule has 0 aliphatic rings. The van der Waals surface area contributed by atoms with Gasteiger partial charge >= 0.3 is 5.97 Å². The molecule has 2 N–H and O–H groups in total. The summed E-state index contributed by atoms with van der Waals surface area (Å²) in [4.78, 5) is 22.5. The van der Waals surface area contributed by atoms with E-state index in [2.05, 4.69) is 5.32 Å². The third-order valence-electron chi connectivity index (χ3n) is 2.47. The Morgan fingerprint density at radius 2 is 2.06 bits per heavy atom. The van der Waals surface area contributed by atoms with Crippen LogP contribution < -0.4 is 5.32 Å². The maximum Gasteiger partial charge on any atom is 0.335 e. The first-order chi connectivity index (χ1) is 7.95. The van der Waals surface area contributed by atoms with E-state index in [0.29, 0.717) is 5.69 Å². The fraction of sp³-hybridized carbons (Fsp3) is 0.333. The Morgan fingerprint density at radius 1 is 1.41 bits per heavy atom. The topological polar surface area (TPSA) is 66.4 Å². The summed E-state index contributed by atoms with van der Waals surface area (Å²) in [6, 6.07) is 4.68. The number of nitrogens with one attached hydrogen (secondary N) is 1. The van der Waals surface area contributed by atoms with Gasteiger partial charge in [-0.25, -0.2) is 4.79 Å². The molecule has 0 aliphatic carbocycles. The van der Waals surface area contributed by atoms with Gasteiger partial charge in [0, 0.05) is 5.69 Å². The highest BCUT2D eigenvalue weighted by molar-refractivity contribution is 7.99. The first-order valence-corrected chi connectivity index (χ1v) is 6.42. The minimum atomic E-state index is -1.00. The monoisotopic (exact) mass is 253 g/mol. The minimum Gasteiger partial charge on any atom is -0.478 e. The van der Waals surface area contributed by atoms with Gasteiger partial charge in [0.1, 0.15) is 0 Å². The fourth-order valence-corrected chi connectivity index (χ4v) is 1.50. The molecule has 92 valence electrons. The largest absolute Gasteiger partial charge is 0.478 e. The summed E-state index contributed by atoms with van der Waals surface area (Å²) in [6.45, 7) is 3.63. The predicted molar refractivity (Wildman–Crippen MR) is 69.7 cm³/mol. The molecule has 1 rings (SSSR count). The van der Waals surface area contributed by atoms with E-state index in [1.54, 1.807) is 13.0 Å². The number of rotatable bonds is 4. The number of carbonyl (C=O) groups is 2. The van der Waals surface area contributed by atoms with Crippen LogP contribution in [-0.2, 0) is 4.79 Å². The second-order valence-electron chi connectivity index (χ2n) is 3.70. The van der Waals surface area contributed by atoms with Crippen molar-refractivity contribution in [3.63, 3.8) is 0 Å². The number of carboxylic acids is 1. The second kappa shape index (κ2) is 5.72. The number of amides is 1. The van der Waals surface area contributed by atoms with Gasteiger partial charge in [0.2, 0.25) is 5.91 Å². The van der Waals surface area contributed by atoms with Crippen molar-refractivity contribution in [3.8, 4) is 0 Å². The van der Waals surface area contributed by atoms with Crippen LogP contribution in [0.2, 0.25) is 0 Å². The number of aromatic carboxylic acids is 1. The van der Waals surface area contributed by atoms with Gasteiger partial charge in [-0.2, -0.15) is 11.8 Å². The number of carbonyl (C=O) groups excluding carboxylic acids is 1. The summed E-state index contributed by atoms with van der Waals surface area (Å²) in [6.07, 6.45) is 1.85. The number of thioether (sulfide) groups is 1. The molecule has 0 spiro atoms. The molecule has 0 radical (unpaired) electrons. The summed E-state index contributed by atoms with van der Waals surface area (Å²) in [5.41, 5.74) is 1.56. The Balaban J connectivity index is 2.94. The molecule has 0 unspecified atom stereocenters. The van der Waals surface area contributed by atoms with Crippen molar-refractivity contribution in [1.29, 1.82) is 0 Å². The Hall–Kier alpha value is -1.49.